The van der Waals surface area contributed by atoms with Crippen LogP contribution >= 0.6 is 0 Å². The number of aromatic nitrogens is 4. The van der Waals surface area contributed by atoms with E-state index in [2.05, 4.69) is 35.3 Å². The molecule has 2 aromatic heterocycles. The molecule has 16 nitrogen and oxygen atoms in total. The van der Waals surface area contributed by atoms with Gasteiger partial charge in [0.1, 0.15) is 35.1 Å². The summed E-state index contributed by atoms with van der Waals surface area (Å²) in [5.74, 6) is -0.251. The summed E-state index contributed by atoms with van der Waals surface area (Å²) in [6.45, 7) is 4.01. The summed E-state index contributed by atoms with van der Waals surface area (Å²) in [5, 5.41) is 5.05. The molecule has 4 N–H and O–H groups in total. The molecule has 4 heterocycles. The average molecular weight is 839 g/mol. The third-order valence-electron chi connectivity index (χ3n) is 11.1. The average Bonchev–Trinajstić information content (AvgIpc) is 4.10. The van der Waals surface area contributed by atoms with Gasteiger partial charge in [0.2, 0.25) is 11.8 Å². The minimum Gasteiger partial charge on any atom is -0.453 e. The van der Waals surface area contributed by atoms with Crippen LogP contribution in [-0.2, 0) is 34.7 Å². The second-order valence-electron chi connectivity index (χ2n) is 14.7. The predicted molar refractivity (Wildman–Crippen MR) is 211 cm³/mol. The second-order valence-corrected chi connectivity index (χ2v) is 14.7. The normalized spacial score (nSPS) is 18.8. The molecule has 0 saturated carbocycles. The zero-order valence-electron chi connectivity index (χ0n) is 34.1. The number of carbonyl (C=O) groups is 4. The fraction of sp³-hybridized carbons (Fsp3) is 0.463. The Hall–Kier alpha value is -5.95. The lowest BCUT2D eigenvalue weighted by Crippen LogP contribution is -2.54. The lowest BCUT2D eigenvalue weighted by molar-refractivity contribution is -0.140. The number of nitrogens with zero attached hydrogens (tertiary/aromatic N) is 4. The van der Waals surface area contributed by atoms with Gasteiger partial charge in [-0.25, -0.2) is 19.6 Å². The second kappa shape index (κ2) is 18.5. The summed E-state index contributed by atoms with van der Waals surface area (Å²) in [6, 6.07) is 10.9. The van der Waals surface area contributed by atoms with E-state index in [1.165, 1.54) is 26.2 Å². The Balaban J connectivity index is 1.18. The smallest absolute Gasteiger partial charge is 0.433 e. The summed E-state index contributed by atoms with van der Waals surface area (Å²) in [5.41, 5.74) is 2.01. The van der Waals surface area contributed by atoms with Crippen molar-refractivity contribution < 1.29 is 51.3 Å². The van der Waals surface area contributed by atoms with Crippen LogP contribution in [0.3, 0.4) is 0 Å². The van der Waals surface area contributed by atoms with E-state index < -0.39 is 60.3 Å². The van der Waals surface area contributed by atoms with Crippen LogP contribution < -0.4 is 10.6 Å². The van der Waals surface area contributed by atoms with Gasteiger partial charge in [-0.3, -0.25) is 9.59 Å². The summed E-state index contributed by atoms with van der Waals surface area (Å²) < 4.78 is 63.5. The van der Waals surface area contributed by atoms with E-state index >= 15 is 0 Å². The Labute approximate surface area is 344 Å². The molecule has 0 radical (unpaired) electrons. The molecule has 4 amide bonds. The molecule has 0 spiro atoms. The number of alkyl carbamates (subject to hydrolysis) is 2. The number of nitrogens with one attached hydrogen (secondary N) is 4. The number of carbonyl (C=O) groups excluding carboxylic acids is 4. The van der Waals surface area contributed by atoms with Crippen molar-refractivity contribution in [1.82, 2.24) is 40.4 Å². The van der Waals surface area contributed by atoms with Gasteiger partial charge in [0.15, 0.2) is 0 Å². The van der Waals surface area contributed by atoms with Gasteiger partial charge in [0.05, 0.1) is 50.4 Å². The molecule has 2 aliphatic heterocycles. The molecule has 0 bridgehead atoms. The largest absolute Gasteiger partial charge is 0.453 e. The van der Waals surface area contributed by atoms with Crippen molar-refractivity contribution in [3.8, 4) is 33.6 Å². The fourth-order valence-corrected chi connectivity index (χ4v) is 7.67. The zero-order valence-corrected chi connectivity index (χ0v) is 34.1. The molecule has 2 aromatic carbocycles. The SMILES string of the molecule is COC(=O)N[C@H](C(=O)N1CCCC1c1nc(-c2ccc(-c3ccc(-c4cnc([C@@H]5CCCN5C(=O)[C@@H](NC(=O)OC)[C@@H](C)OC)[nH]4)cc3)cc2)c(C(F)(F)F)[nH]1)[C@@H](C)OC. The van der Waals surface area contributed by atoms with Crippen molar-refractivity contribution in [2.75, 3.05) is 41.5 Å². The van der Waals surface area contributed by atoms with Crippen LogP contribution in [-0.4, -0.2) is 120 Å². The maximum atomic E-state index is 14.5. The molecule has 19 heteroatoms. The highest BCUT2D eigenvalue weighted by Gasteiger charge is 2.43. The molecule has 0 aliphatic carbocycles. The maximum Gasteiger partial charge on any atom is 0.433 e. The number of benzene rings is 2. The molecule has 1 unspecified atom stereocenters. The number of halogens is 3. The van der Waals surface area contributed by atoms with E-state index in [4.69, 9.17) is 14.2 Å². The number of hydrogen-bond donors (Lipinski definition) is 4. The number of hydrogen-bond acceptors (Lipinski definition) is 10. The summed E-state index contributed by atoms with van der Waals surface area (Å²) >= 11 is 0. The van der Waals surface area contributed by atoms with Crippen molar-refractivity contribution >= 4 is 24.0 Å². The molecule has 2 aliphatic rings. The monoisotopic (exact) mass is 838 g/mol. The number of rotatable bonds is 13. The Kier molecular flexibility index (Phi) is 13.5. The predicted octanol–water partition coefficient (Wildman–Crippen LogP) is 6.00. The van der Waals surface area contributed by atoms with Gasteiger partial charge in [-0.1, -0.05) is 48.5 Å². The van der Waals surface area contributed by atoms with Crippen LogP contribution in [0.4, 0.5) is 22.8 Å². The first-order valence-electron chi connectivity index (χ1n) is 19.5. The molecule has 6 rings (SSSR count). The minimum absolute atomic E-state index is 0.0145. The number of methoxy groups -OCH3 is 4. The van der Waals surface area contributed by atoms with Gasteiger partial charge in [-0.05, 0) is 56.2 Å². The molecule has 60 heavy (non-hydrogen) atoms. The molecule has 2 saturated heterocycles. The first kappa shape index (κ1) is 43.6. The van der Waals surface area contributed by atoms with E-state index in [1.807, 2.05) is 24.3 Å². The summed E-state index contributed by atoms with van der Waals surface area (Å²) in [7, 11) is 5.22. The first-order chi connectivity index (χ1) is 28.7. The van der Waals surface area contributed by atoms with Crippen LogP contribution in [0.1, 0.15) is 69.0 Å². The van der Waals surface area contributed by atoms with Gasteiger partial charge in [-0.15, -0.1) is 0 Å². The van der Waals surface area contributed by atoms with Crippen molar-refractivity contribution in [2.24, 2.45) is 0 Å². The fourth-order valence-electron chi connectivity index (χ4n) is 7.67. The van der Waals surface area contributed by atoms with Crippen LogP contribution in [0.15, 0.2) is 54.7 Å². The Morgan fingerprint density at radius 1 is 0.700 bits per heavy atom. The maximum absolute atomic E-state index is 14.5. The number of imidazole rings is 2. The highest BCUT2D eigenvalue weighted by atomic mass is 19.4. The van der Waals surface area contributed by atoms with E-state index in [0.29, 0.717) is 31.6 Å². The third kappa shape index (κ3) is 9.26. The van der Waals surface area contributed by atoms with Gasteiger partial charge in [0.25, 0.3) is 0 Å². The van der Waals surface area contributed by atoms with E-state index in [0.717, 1.165) is 35.9 Å². The molecule has 2 fully saturated rings. The van der Waals surface area contributed by atoms with Crippen molar-refractivity contribution in [3.63, 3.8) is 0 Å². The molecule has 6 atom stereocenters. The van der Waals surface area contributed by atoms with Crippen LogP contribution in [0, 0.1) is 0 Å². The number of amides is 4. The van der Waals surface area contributed by atoms with Crippen LogP contribution in [0.25, 0.3) is 33.6 Å². The third-order valence-corrected chi connectivity index (χ3v) is 11.1. The number of likely N-dealkylation sites (tertiary alicyclic amines) is 2. The molecular formula is C41H49F3N8O8. The van der Waals surface area contributed by atoms with Crippen molar-refractivity contribution in [2.45, 2.75) is 82.1 Å². The van der Waals surface area contributed by atoms with Gasteiger partial charge in [-0.2, -0.15) is 13.2 Å². The molecule has 4 aromatic rings. The Morgan fingerprint density at radius 2 is 1.15 bits per heavy atom. The van der Waals surface area contributed by atoms with Crippen LogP contribution in [0.2, 0.25) is 0 Å². The Morgan fingerprint density at radius 3 is 1.60 bits per heavy atom. The first-order valence-corrected chi connectivity index (χ1v) is 19.5. The van der Waals surface area contributed by atoms with E-state index in [1.54, 1.807) is 49.2 Å². The quantitative estimate of drug-likeness (QED) is 0.124. The van der Waals surface area contributed by atoms with Crippen molar-refractivity contribution in [3.05, 3.63) is 72.1 Å². The highest BCUT2D eigenvalue weighted by Crippen LogP contribution is 2.40. The zero-order chi connectivity index (χ0) is 43.3. The van der Waals surface area contributed by atoms with Crippen LogP contribution in [0.5, 0.6) is 0 Å². The van der Waals surface area contributed by atoms with Gasteiger partial charge >= 0.3 is 18.4 Å². The highest BCUT2D eigenvalue weighted by molar-refractivity contribution is 5.87. The number of alkyl halides is 3. The topological polar surface area (TPSA) is 193 Å². The Bertz CT molecular complexity index is 2140. The summed E-state index contributed by atoms with van der Waals surface area (Å²) in [4.78, 5) is 69.2. The van der Waals surface area contributed by atoms with E-state index in [-0.39, 0.29) is 35.6 Å². The van der Waals surface area contributed by atoms with Gasteiger partial charge in [0, 0.05) is 32.9 Å². The van der Waals surface area contributed by atoms with Crippen molar-refractivity contribution in [1.29, 1.82) is 0 Å². The molecular weight excluding hydrogens is 789 g/mol. The lowest BCUT2D eigenvalue weighted by Gasteiger charge is -2.30. The number of ether oxygens (including phenoxy) is 4. The lowest BCUT2D eigenvalue weighted by atomic mass is 10.0. The van der Waals surface area contributed by atoms with E-state index in [9.17, 15) is 32.3 Å². The summed E-state index contributed by atoms with van der Waals surface area (Å²) in [6.07, 6.45) is -3.72. The standard InChI is InChI=1S/C41H49F3N8O8/c1-22(57-3)31(48-39(55)59-5)37(53)51-19-7-9-29(51)35-45-21-28(46-35)26-15-11-24(12-16-26)25-13-17-27(18-14-25)33-34(41(42,43)44)50-36(47-33)30-10-8-20-52(30)38(54)32(23(2)58-4)49-40(56)60-6/h11-18,21-23,29-32H,7-10,19-20H2,1-6H3,(H,45,46)(H,47,50)(H,48,55)(H,49,56)/t22-,23-,29+,30?,31+,32+/m1/s1. The molecule has 322 valence electrons. The minimum atomic E-state index is -4.77. The number of aromatic amines is 2. The van der Waals surface area contributed by atoms with Gasteiger partial charge < -0.3 is 49.3 Å². The number of H-pyrrole nitrogens is 2.